The molecule has 2 aliphatic rings. The molecule has 2 fully saturated rings. The Morgan fingerprint density at radius 2 is 1.91 bits per heavy atom. The second-order valence-electron chi connectivity index (χ2n) is 7.52. The fourth-order valence-corrected chi connectivity index (χ4v) is 4.56. The van der Waals surface area contributed by atoms with Crippen molar-refractivity contribution in [2.45, 2.75) is 30.8 Å². The van der Waals surface area contributed by atoms with E-state index in [2.05, 4.69) is 47.4 Å². The number of benzene rings is 2. The fraction of sp³-hybridized carbons (Fsp3) is 0.500. The summed E-state index contributed by atoms with van der Waals surface area (Å²) in [6, 6.07) is 15.3. The van der Waals surface area contributed by atoms with Gasteiger partial charge < -0.3 is 10.8 Å². The highest BCUT2D eigenvalue weighted by Gasteiger charge is 2.43. The first kappa shape index (κ1) is 15.1. The van der Waals surface area contributed by atoms with Crippen LogP contribution in [0.2, 0.25) is 0 Å². The van der Waals surface area contributed by atoms with Crippen LogP contribution < -0.4 is 5.73 Å². The van der Waals surface area contributed by atoms with Crippen LogP contribution in [0.5, 0.6) is 0 Å². The van der Waals surface area contributed by atoms with Crippen LogP contribution in [0.1, 0.15) is 30.7 Å². The van der Waals surface area contributed by atoms with Gasteiger partial charge in [0.2, 0.25) is 0 Å². The summed E-state index contributed by atoms with van der Waals surface area (Å²) in [6.45, 7) is 3.67. The number of likely N-dealkylation sites (tertiary alicyclic amines) is 1. The lowest BCUT2D eigenvalue weighted by Gasteiger charge is -2.45. The number of rotatable bonds is 4. The molecule has 0 radical (unpaired) electrons. The minimum absolute atomic E-state index is 0.488. The van der Waals surface area contributed by atoms with Crippen molar-refractivity contribution in [1.29, 1.82) is 0 Å². The van der Waals surface area contributed by atoms with Gasteiger partial charge in [0, 0.05) is 13.1 Å². The Hall–Kier alpha value is -1.42. The van der Waals surface area contributed by atoms with E-state index >= 15 is 0 Å². The number of hydrogen-bond donors (Lipinski definition) is 2. The van der Waals surface area contributed by atoms with Gasteiger partial charge in [0.15, 0.2) is 0 Å². The summed E-state index contributed by atoms with van der Waals surface area (Å²) in [4.78, 5) is 2.44. The number of β-amino-alcohol motifs (C(OH)–C–C–N with tert-alkyl or cyclic N) is 1. The molecular weight excluding hydrogens is 284 g/mol. The molecule has 2 aromatic rings. The summed E-state index contributed by atoms with van der Waals surface area (Å²) in [5.74, 6) is 1.10. The van der Waals surface area contributed by atoms with Crippen LogP contribution in [-0.4, -0.2) is 41.8 Å². The highest BCUT2D eigenvalue weighted by Crippen LogP contribution is 2.40. The van der Waals surface area contributed by atoms with Crippen molar-refractivity contribution in [2.75, 3.05) is 26.2 Å². The maximum Gasteiger partial charge on any atom is 0.0780 e. The quantitative estimate of drug-likeness (QED) is 0.913. The van der Waals surface area contributed by atoms with Crippen LogP contribution in [0.4, 0.5) is 0 Å². The molecule has 3 nitrogen and oxygen atoms in total. The van der Waals surface area contributed by atoms with E-state index in [0.29, 0.717) is 18.4 Å². The van der Waals surface area contributed by atoms with Gasteiger partial charge >= 0.3 is 0 Å². The van der Waals surface area contributed by atoms with E-state index in [-0.39, 0.29) is 0 Å². The van der Waals surface area contributed by atoms with E-state index < -0.39 is 5.60 Å². The van der Waals surface area contributed by atoms with Crippen LogP contribution in [0, 0.1) is 5.92 Å². The molecule has 0 spiro atoms. The molecule has 0 amide bonds. The number of nitrogens with zero attached hydrogens (tertiary/aromatic N) is 1. The van der Waals surface area contributed by atoms with E-state index in [1.54, 1.807) is 0 Å². The molecule has 23 heavy (non-hydrogen) atoms. The molecule has 2 aromatic carbocycles. The zero-order chi connectivity index (χ0) is 15.9. The Morgan fingerprint density at radius 3 is 2.74 bits per heavy atom. The summed E-state index contributed by atoms with van der Waals surface area (Å²) in [7, 11) is 0. The maximum atomic E-state index is 10.6. The van der Waals surface area contributed by atoms with E-state index in [1.807, 2.05) is 0 Å². The smallest absolute Gasteiger partial charge is 0.0780 e. The standard InChI is InChI=1S/C20H26N2O/c21-12-15-10-20(23,11-15)14-22-9-8-17(13-22)19-7-3-5-16-4-1-2-6-18(16)19/h1-7,15,17,23H,8-14,21H2. The minimum Gasteiger partial charge on any atom is -0.389 e. The number of fused-ring (bicyclic) bond motifs is 1. The summed E-state index contributed by atoms with van der Waals surface area (Å²) >= 11 is 0. The van der Waals surface area contributed by atoms with Gasteiger partial charge in [-0.3, -0.25) is 4.90 Å². The van der Waals surface area contributed by atoms with E-state index in [0.717, 1.165) is 32.5 Å². The molecule has 1 unspecified atom stereocenters. The molecule has 1 aliphatic heterocycles. The molecule has 0 aromatic heterocycles. The van der Waals surface area contributed by atoms with E-state index in [9.17, 15) is 5.11 Å². The molecule has 122 valence electrons. The van der Waals surface area contributed by atoms with Crippen LogP contribution in [-0.2, 0) is 0 Å². The first-order valence-corrected chi connectivity index (χ1v) is 8.79. The van der Waals surface area contributed by atoms with Gasteiger partial charge in [-0.1, -0.05) is 42.5 Å². The van der Waals surface area contributed by atoms with Gasteiger partial charge in [0.25, 0.3) is 0 Å². The van der Waals surface area contributed by atoms with Crippen LogP contribution in [0.3, 0.4) is 0 Å². The first-order valence-electron chi connectivity index (χ1n) is 8.79. The average Bonchev–Trinajstić information content (AvgIpc) is 3.00. The van der Waals surface area contributed by atoms with Crippen LogP contribution in [0.25, 0.3) is 10.8 Å². The fourth-order valence-electron chi connectivity index (χ4n) is 4.56. The van der Waals surface area contributed by atoms with Gasteiger partial charge in [-0.25, -0.2) is 0 Å². The maximum absolute atomic E-state index is 10.6. The molecule has 1 aliphatic carbocycles. The number of hydrogen-bond acceptors (Lipinski definition) is 3. The molecule has 3 heteroatoms. The molecule has 1 saturated heterocycles. The Morgan fingerprint density at radius 1 is 1.13 bits per heavy atom. The summed E-state index contributed by atoms with van der Waals surface area (Å²) in [6.07, 6.45) is 2.93. The van der Waals surface area contributed by atoms with Crippen molar-refractivity contribution < 1.29 is 5.11 Å². The van der Waals surface area contributed by atoms with E-state index in [1.165, 1.54) is 22.8 Å². The highest BCUT2D eigenvalue weighted by molar-refractivity contribution is 5.86. The zero-order valence-electron chi connectivity index (χ0n) is 13.6. The largest absolute Gasteiger partial charge is 0.389 e. The number of aliphatic hydroxyl groups is 1. The zero-order valence-corrected chi connectivity index (χ0v) is 13.6. The monoisotopic (exact) mass is 310 g/mol. The lowest BCUT2D eigenvalue weighted by atomic mass is 9.70. The van der Waals surface area contributed by atoms with Crippen molar-refractivity contribution in [2.24, 2.45) is 11.7 Å². The first-order chi connectivity index (χ1) is 11.2. The molecule has 1 saturated carbocycles. The molecule has 4 rings (SSSR count). The third kappa shape index (κ3) is 2.89. The topological polar surface area (TPSA) is 49.5 Å². The Kier molecular flexibility index (Phi) is 3.88. The second kappa shape index (κ2) is 5.90. The van der Waals surface area contributed by atoms with Gasteiger partial charge in [0.05, 0.1) is 5.60 Å². The van der Waals surface area contributed by atoms with Crippen LogP contribution >= 0.6 is 0 Å². The van der Waals surface area contributed by atoms with Gasteiger partial charge in [-0.15, -0.1) is 0 Å². The van der Waals surface area contributed by atoms with Crippen molar-refractivity contribution in [1.82, 2.24) is 4.90 Å². The Labute approximate surface area is 138 Å². The predicted molar refractivity (Wildman–Crippen MR) is 94.5 cm³/mol. The summed E-state index contributed by atoms with van der Waals surface area (Å²) in [5.41, 5.74) is 6.66. The van der Waals surface area contributed by atoms with Gasteiger partial charge in [-0.2, -0.15) is 0 Å². The number of nitrogens with two attached hydrogens (primary N) is 1. The Bertz CT molecular complexity index is 688. The van der Waals surface area contributed by atoms with Gasteiger partial charge in [0.1, 0.15) is 0 Å². The summed E-state index contributed by atoms with van der Waals surface area (Å²) in [5, 5.41) is 13.3. The third-order valence-electron chi connectivity index (χ3n) is 5.72. The highest BCUT2D eigenvalue weighted by atomic mass is 16.3. The normalized spacial score (nSPS) is 31.4. The molecule has 1 atom stereocenters. The minimum atomic E-state index is -0.488. The van der Waals surface area contributed by atoms with E-state index in [4.69, 9.17) is 5.73 Å². The van der Waals surface area contributed by atoms with Crippen molar-refractivity contribution in [3.63, 3.8) is 0 Å². The lowest BCUT2D eigenvalue weighted by molar-refractivity contribution is -0.0877. The lowest BCUT2D eigenvalue weighted by Crippen LogP contribution is -2.53. The van der Waals surface area contributed by atoms with Crippen molar-refractivity contribution in [3.05, 3.63) is 48.0 Å². The average molecular weight is 310 g/mol. The SMILES string of the molecule is NCC1CC(O)(CN2CCC(c3cccc4ccccc34)C2)C1. The molecule has 3 N–H and O–H groups in total. The second-order valence-corrected chi connectivity index (χ2v) is 7.52. The molecule has 1 heterocycles. The Balaban J connectivity index is 1.46. The molecular formula is C20H26N2O. The predicted octanol–water partition coefficient (Wildman–Crippen LogP) is 2.73. The van der Waals surface area contributed by atoms with Gasteiger partial charge in [-0.05, 0) is 60.5 Å². The van der Waals surface area contributed by atoms with Crippen molar-refractivity contribution >= 4 is 10.8 Å². The van der Waals surface area contributed by atoms with Crippen molar-refractivity contribution in [3.8, 4) is 0 Å². The van der Waals surface area contributed by atoms with Crippen LogP contribution in [0.15, 0.2) is 42.5 Å². The third-order valence-corrected chi connectivity index (χ3v) is 5.72. The summed E-state index contributed by atoms with van der Waals surface area (Å²) < 4.78 is 0. The molecule has 0 bridgehead atoms.